The molecule has 0 aromatic carbocycles. The summed E-state index contributed by atoms with van der Waals surface area (Å²) in [6, 6.07) is 0.453. The number of amides is 1. The van der Waals surface area contributed by atoms with Gasteiger partial charge in [0.25, 0.3) is 5.91 Å². The molecule has 5 nitrogen and oxygen atoms in total. The summed E-state index contributed by atoms with van der Waals surface area (Å²) in [6.45, 7) is 5.69. The fourth-order valence-corrected chi connectivity index (χ4v) is 1.84. The molecule has 0 N–H and O–H groups in total. The number of rotatable bonds is 6. The highest BCUT2D eigenvalue weighted by atomic mass is 16.5. The first-order valence-corrected chi connectivity index (χ1v) is 6.19. The molecule has 94 valence electrons. The summed E-state index contributed by atoms with van der Waals surface area (Å²) in [5, 5.41) is 4.09. The number of ether oxygens (including phenoxy) is 1. The number of hydrogen-bond acceptors (Lipinski definition) is 3. The highest BCUT2D eigenvalue weighted by Crippen LogP contribution is 2.26. The summed E-state index contributed by atoms with van der Waals surface area (Å²) in [5.74, 6) is 0.728. The van der Waals surface area contributed by atoms with Crippen molar-refractivity contribution in [2.24, 2.45) is 0 Å². The monoisotopic (exact) mass is 237 g/mol. The van der Waals surface area contributed by atoms with E-state index < -0.39 is 0 Å². The molecule has 0 aliphatic heterocycles. The molecule has 0 bridgehead atoms. The van der Waals surface area contributed by atoms with Crippen molar-refractivity contribution in [2.45, 2.75) is 39.3 Å². The zero-order valence-electron chi connectivity index (χ0n) is 10.4. The van der Waals surface area contributed by atoms with E-state index in [-0.39, 0.29) is 12.5 Å². The topological polar surface area (TPSA) is 47.4 Å². The van der Waals surface area contributed by atoms with Crippen LogP contribution in [0.25, 0.3) is 0 Å². The van der Waals surface area contributed by atoms with Gasteiger partial charge >= 0.3 is 0 Å². The second-order valence-electron chi connectivity index (χ2n) is 4.23. The molecular weight excluding hydrogens is 218 g/mol. The quantitative estimate of drug-likeness (QED) is 0.749. The lowest BCUT2D eigenvalue weighted by atomic mass is 10.4. The maximum Gasteiger partial charge on any atom is 0.260 e. The Balaban J connectivity index is 1.82. The minimum atomic E-state index is 0.0687. The van der Waals surface area contributed by atoms with Crippen LogP contribution in [-0.4, -0.2) is 39.8 Å². The third-order valence-corrected chi connectivity index (χ3v) is 2.94. The summed E-state index contributed by atoms with van der Waals surface area (Å²) in [6.07, 6.45) is 5.71. The first-order chi connectivity index (χ1) is 8.24. The van der Waals surface area contributed by atoms with Gasteiger partial charge < -0.3 is 9.64 Å². The van der Waals surface area contributed by atoms with Crippen molar-refractivity contribution in [1.29, 1.82) is 0 Å². The maximum atomic E-state index is 11.9. The Morgan fingerprint density at radius 2 is 2.35 bits per heavy atom. The van der Waals surface area contributed by atoms with E-state index in [2.05, 4.69) is 5.10 Å². The SMILES string of the molecule is CCN(C(=O)COc1cnn(CC)c1)C1CC1. The lowest BCUT2D eigenvalue weighted by Crippen LogP contribution is -2.36. The molecule has 1 amide bonds. The van der Waals surface area contributed by atoms with Crippen LogP contribution >= 0.6 is 0 Å². The van der Waals surface area contributed by atoms with Crippen LogP contribution in [0.3, 0.4) is 0 Å². The first-order valence-electron chi connectivity index (χ1n) is 6.19. The van der Waals surface area contributed by atoms with Gasteiger partial charge in [-0.25, -0.2) is 0 Å². The number of nitrogens with zero attached hydrogens (tertiary/aromatic N) is 3. The standard InChI is InChI=1S/C12H19N3O2/c1-3-14-8-11(7-13-14)17-9-12(16)15(4-2)10-5-6-10/h7-8,10H,3-6,9H2,1-2H3. The molecule has 5 heteroatoms. The average Bonchev–Trinajstić information content (AvgIpc) is 3.06. The van der Waals surface area contributed by atoms with Gasteiger partial charge in [-0.3, -0.25) is 9.48 Å². The van der Waals surface area contributed by atoms with Gasteiger partial charge in [0.15, 0.2) is 12.4 Å². The average molecular weight is 237 g/mol. The summed E-state index contributed by atoms with van der Waals surface area (Å²) in [7, 11) is 0. The van der Waals surface area contributed by atoms with E-state index in [1.165, 1.54) is 0 Å². The fourth-order valence-electron chi connectivity index (χ4n) is 1.84. The van der Waals surface area contributed by atoms with Crippen molar-refractivity contribution in [3.63, 3.8) is 0 Å². The van der Waals surface area contributed by atoms with Crippen molar-refractivity contribution in [3.05, 3.63) is 12.4 Å². The number of carbonyl (C=O) groups is 1. The highest BCUT2D eigenvalue weighted by Gasteiger charge is 2.31. The summed E-state index contributed by atoms with van der Waals surface area (Å²) < 4.78 is 7.21. The van der Waals surface area contributed by atoms with Gasteiger partial charge in [0.05, 0.1) is 12.4 Å². The second-order valence-corrected chi connectivity index (χ2v) is 4.23. The van der Waals surface area contributed by atoms with Crippen molar-refractivity contribution < 1.29 is 9.53 Å². The van der Waals surface area contributed by atoms with Crippen molar-refractivity contribution in [3.8, 4) is 5.75 Å². The van der Waals surface area contributed by atoms with Crippen LogP contribution in [-0.2, 0) is 11.3 Å². The lowest BCUT2D eigenvalue weighted by molar-refractivity contribution is -0.133. The van der Waals surface area contributed by atoms with E-state index in [1.807, 2.05) is 18.7 Å². The van der Waals surface area contributed by atoms with E-state index in [1.54, 1.807) is 17.1 Å². The second kappa shape index (κ2) is 5.21. The number of carbonyl (C=O) groups excluding carboxylic acids is 1. The zero-order valence-corrected chi connectivity index (χ0v) is 10.4. The molecule has 1 aromatic rings. The first kappa shape index (κ1) is 12.0. The van der Waals surface area contributed by atoms with Crippen LogP contribution in [0.4, 0.5) is 0 Å². The third kappa shape index (κ3) is 2.99. The Bertz CT molecular complexity index is 385. The van der Waals surface area contributed by atoms with Gasteiger partial charge in [0.2, 0.25) is 0 Å². The van der Waals surface area contributed by atoms with Crippen molar-refractivity contribution in [2.75, 3.05) is 13.2 Å². The number of aryl methyl sites for hydroxylation is 1. The Morgan fingerprint density at radius 3 is 2.88 bits per heavy atom. The van der Waals surface area contributed by atoms with Crippen LogP contribution in [0.1, 0.15) is 26.7 Å². The number of hydrogen-bond donors (Lipinski definition) is 0. The number of likely N-dealkylation sites (N-methyl/N-ethyl adjacent to an activating group) is 1. The van der Waals surface area contributed by atoms with E-state index in [4.69, 9.17) is 4.74 Å². The molecule has 0 saturated heterocycles. The molecule has 0 atom stereocenters. The minimum Gasteiger partial charge on any atom is -0.480 e. The Kier molecular flexibility index (Phi) is 3.66. The number of aromatic nitrogens is 2. The van der Waals surface area contributed by atoms with Gasteiger partial charge in [0, 0.05) is 19.1 Å². The van der Waals surface area contributed by atoms with Crippen molar-refractivity contribution >= 4 is 5.91 Å². The minimum absolute atomic E-state index is 0.0687. The zero-order chi connectivity index (χ0) is 12.3. The maximum absolute atomic E-state index is 11.9. The van der Waals surface area contributed by atoms with E-state index >= 15 is 0 Å². The normalized spacial score (nSPS) is 14.7. The molecule has 1 fully saturated rings. The molecular formula is C12H19N3O2. The Morgan fingerprint density at radius 1 is 1.59 bits per heavy atom. The van der Waals surface area contributed by atoms with Gasteiger partial charge in [0.1, 0.15) is 0 Å². The van der Waals surface area contributed by atoms with Crippen LogP contribution in [0.15, 0.2) is 12.4 Å². The molecule has 1 saturated carbocycles. The van der Waals surface area contributed by atoms with Gasteiger partial charge in [-0.05, 0) is 26.7 Å². The molecule has 17 heavy (non-hydrogen) atoms. The molecule has 0 unspecified atom stereocenters. The molecule has 1 aliphatic rings. The van der Waals surface area contributed by atoms with Crippen LogP contribution in [0.5, 0.6) is 5.75 Å². The van der Waals surface area contributed by atoms with Gasteiger partial charge in [-0.2, -0.15) is 5.10 Å². The van der Waals surface area contributed by atoms with E-state index in [9.17, 15) is 4.79 Å². The van der Waals surface area contributed by atoms with Gasteiger partial charge in [-0.15, -0.1) is 0 Å². The smallest absolute Gasteiger partial charge is 0.260 e. The Labute approximate surface area is 101 Å². The Hall–Kier alpha value is -1.52. The summed E-state index contributed by atoms with van der Waals surface area (Å²) in [4.78, 5) is 13.8. The molecule has 1 heterocycles. The van der Waals surface area contributed by atoms with E-state index in [0.29, 0.717) is 11.8 Å². The molecule has 0 spiro atoms. The fraction of sp³-hybridized carbons (Fsp3) is 0.667. The molecule has 2 rings (SSSR count). The van der Waals surface area contributed by atoms with Crippen LogP contribution in [0, 0.1) is 0 Å². The van der Waals surface area contributed by atoms with Crippen LogP contribution in [0.2, 0.25) is 0 Å². The molecule has 0 radical (unpaired) electrons. The molecule has 1 aliphatic carbocycles. The predicted molar refractivity (Wildman–Crippen MR) is 63.8 cm³/mol. The summed E-state index contributed by atoms with van der Waals surface area (Å²) >= 11 is 0. The van der Waals surface area contributed by atoms with Crippen LogP contribution < -0.4 is 4.74 Å². The summed E-state index contributed by atoms with van der Waals surface area (Å²) in [5.41, 5.74) is 0. The van der Waals surface area contributed by atoms with E-state index in [0.717, 1.165) is 25.9 Å². The van der Waals surface area contributed by atoms with Crippen molar-refractivity contribution in [1.82, 2.24) is 14.7 Å². The largest absolute Gasteiger partial charge is 0.480 e. The highest BCUT2D eigenvalue weighted by molar-refractivity contribution is 5.78. The predicted octanol–water partition coefficient (Wildman–Crippen LogP) is 1.29. The van der Waals surface area contributed by atoms with Gasteiger partial charge in [-0.1, -0.05) is 0 Å². The lowest BCUT2D eigenvalue weighted by Gasteiger charge is -2.19. The third-order valence-electron chi connectivity index (χ3n) is 2.94. The molecule has 1 aromatic heterocycles.